The molecule has 14 nitrogen and oxygen atoms in total. The Morgan fingerprint density at radius 2 is 1.78 bits per heavy atom. The fourth-order valence-electron chi connectivity index (χ4n) is 7.68. The number of halogens is 1. The SMILES string of the molecule is CCOC=O.CNc1cc(F)c(C)c(-c2c(C3CC3)cc3c(NC)nc(OC4CCOCC4)nc3c2OCc2ccc3c(c2)[nH]c(=O)c2nn(C(C)C(C)C)cc23)c1C=N. The monoisotopic (exact) mass is 820 g/mol. The molecule has 1 saturated heterocycles. The average Bonchev–Trinajstić information content (AvgIpc) is 4.00. The number of aromatic amines is 1. The maximum atomic E-state index is 15.8. The van der Waals surface area contributed by atoms with E-state index >= 15 is 4.39 Å². The number of hydrogen-bond acceptors (Lipinski definition) is 12. The van der Waals surface area contributed by atoms with Gasteiger partial charge < -0.3 is 40.0 Å². The van der Waals surface area contributed by atoms with Gasteiger partial charge in [0.25, 0.3) is 12.0 Å². The Balaban J connectivity index is 0.00000103. The molecule has 0 bridgehead atoms. The van der Waals surface area contributed by atoms with Crippen LogP contribution in [0.5, 0.6) is 11.8 Å². The van der Waals surface area contributed by atoms with Crippen molar-refractivity contribution in [3.63, 3.8) is 0 Å². The summed E-state index contributed by atoms with van der Waals surface area (Å²) in [5.41, 5.74) is 5.85. The van der Waals surface area contributed by atoms with E-state index < -0.39 is 5.82 Å². The van der Waals surface area contributed by atoms with Gasteiger partial charge in [-0.1, -0.05) is 26.0 Å². The van der Waals surface area contributed by atoms with Gasteiger partial charge in [0.2, 0.25) is 0 Å². The van der Waals surface area contributed by atoms with Crippen molar-refractivity contribution in [3.8, 4) is 22.9 Å². The van der Waals surface area contributed by atoms with Gasteiger partial charge >= 0.3 is 6.01 Å². The van der Waals surface area contributed by atoms with Crippen LogP contribution in [-0.4, -0.2) is 77.4 Å². The van der Waals surface area contributed by atoms with Crippen LogP contribution in [0.2, 0.25) is 0 Å². The number of aromatic nitrogens is 5. The van der Waals surface area contributed by atoms with Gasteiger partial charge in [0.15, 0.2) is 11.3 Å². The molecule has 60 heavy (non-hydrogen) atoms. The van der Waals surface area contributed by atoms with Crippen molar-refractivity contribution in [2.24, 2.45) is 5.92 Å². The van der Waals surface area contributed by atoms with Crippen LogP contribution in [0.25, 0.3) is 43.8 Å². The molecule has 3 aromatic heterocycles. The zero-order valence-electron chi connectivity index (χ0n) is 35.2. The smallest absolute Gasteiger partial charge is 0.319 e. The number of fused-ring (bicyclic) bond motifs is 4. The molecule has 4 heterocycles. The van der Waals surface area contributed by atoms with Crippen LogP contribution >= 0.6 is 0 Å². The van der Waals surface area contributed by atoms with Gasteiger partial charge in [0.1, 0.15) is 29.9 Å². The number of ether oxygens (including phenoxy) is 4. The number of carbonyl (C=O) groups is 1. The van der Waals surface area contributed by atoms with Gasteiger partial charge in [0, 0.05) is 83.4 Å². The highest BCUT2D eigenvalue weighted by Gasteiger charge is 2.34. The van der Waals surface area contributed by atoms with E-state index in [2.05, 4.69) is 52.3 Å². The standard InChI is InChI=1S/C42H47FN8O4.C3H6O2/c1-21(2)23(4)51-19-31-27-10-7-24(15-34(27)47-41(52)38(31)50-51)20-54-39-36(35-22(3)32(43)17-33(45-5)30(35)18-44)28(25-8-9-25)16-29-37(39)48-42(49-40(29)46-6)55-26-11-13-53-14-12-26;1-2-5-3-4/h7,10,15-19,21,23,25-26,44-45H,8-9,11-14,20H2,1-6H3,(H,47,52)(H,46,48,49);3H,2H2,1H3. The Kier molecular flexibility index (Phi) is 12.6. The van der Waals surface area contributed by atoms with Crippen LogP contribution < -0.4 is 25.7 Å². The van der Waals surface area contributed by atoms with Crippen molar-refractivity contribution < 1.29 is 28.1 Å². The molecule has 3 aromatic carbocycles. The van der Waals surface area contributed by atoms with Crippen molar-refractivity contribution in [3.05, 3.63) is 75.0 Å². The van der Waals surface area contributed by atoms with Gasteiger partial charge in [-0.05, 0) is 80.3 Å². The zero-order chi connectivity index (χ0) is 42.7. The fraction of sp³-hybridized carbons (Fsp3) is 0.422. The molecule has 0 spiro atoms. The predicted molar refractivity (Wildman–Crippen MR) is 233 cm³/mol. The van der Waals surface area contributed by atoms with Crippen LogP contribution in [0.15, 0.2) is 41.3 Å². The van der Waals surface area contributed by atoms with E-state index in [0.717, 1.165) is 53.0 Å². The van der Waals surface area contributed by atoms with Gasteiger partial charge in [0.05, 0.1) is 25.9 Å². The molecule has 8 rings (SSSR count). The largest absolute Gasteiger partial charge is 0.486 e. The number of nitrogens with zero attached hydrogens (tertiary/aromatic N) is 4. The summed E-state index contributed by atoms with van der Waals surface area (Å²) in [6.45, 7) is 12.1. The summed E-state index contributed by atoms with van der Waals surface area (Å²) < 4.78 is 40.7. The lowest BCUT2D eigenvalue weighted by Crippen LogP contribution is -2.26. The Bertz CT molecular complexity index is 2610. The van der Waals surface area contributed by atoms with Gasteiger partial charge in [-0.25, -0.2) is 4.39 Å². The van der Waals surface area contributed by atoms with Crippen molar-refractivity contribution in [1.29, 1.82) is 5.41 Å². The molecular formula is C45H53FN8O6. The summed E-state index contributed by atoms with van der Waals surface area (Å²) in [6.07, 6.45) is 6.48. The normalized spacial score (nSPS) is 14.8. The summed E-state index contributed by atoms with van der Waals surface area (Å²) in [4.78, 5) is 35.3. The molecule has 1 unspecified atom stereocenters. The Hall–Kier alpha value is -6.09. The number of nitrogens with one attached hydrogen (secondary N) is 4. The summed E-state index contributed by atoms with van der Waals surface area (Å²) in [5.74, 6) is 1.19. The van der Waals surface area contributed by atoms with E-state index in [1.165, 1.54) is 12.3 Å². The number of pyridine rings is 1. The Morgan fingerprint density at radius 1 is 1.02 bits per heavy atom. The lowest BCUT2D eigenvalue weighted by Gasteiger charge is -2.25. The first-order chi connectivity index (χ1) is 29.0. The minimum atomic E-state index is -0.393. The number of rotatable bonds is 14. The minimum Gasteiger partial charge on any atom is -0.486 e. The second-order valence-corrected chi connectivity index (χ2v) is 15.6. The second kappa shape index (κ2) is 18.0. The first-order valence-corrected chi connectivity index (χ1v) is 20.6. The molecule has 2 aliphatic rings. The number of carbonyl (C=O) groups excluding carboxylic acids is 1. The third-order valence-corrected chi connectivity index (χ3v) is 11.4. The number of anilines is 2. The van der Waals surface area contributed by atoms with E-state index in [-0.39, 0.29) is 36.2 Å². The topological polar surface area (TPSA) is 178 Å². The fourth-order valence-corrected chi connectivity index (χ4v) is 7.68. The quantitative estimate of drug-likeness (QED) is 0.0612. The Morgan fingerprint density at radius 3 is 2.42 bits per heavy atom. The molecule has 1 saturated carbocycles. The molecule has 0 radical (unpaired) electrons. The molecule has 1 atom stereocenters. The van der Waals surface area contributed by atoms with E-state index in [1.54, 1.807) is 20.9 Å². The first kappa shape index (κ1) is 42.0. The maximum Gasteiger partial charge on any atom is 0.319 e. The lowest BCUT2D eigenvalue weighted by atomic mass is 9.87. The number of H-pyrrole nitrogens is 1. The average molecular weight is 821 g/mol. The molecule has 1 aliphatic carbocycles. The van der Waals surface area contributed by atoms with Crippen molar-refractivity contribution in [2.75, 3.05) is 44.5 Å². The highest BCUT2D eigenvalue weighted by Crippen LogP contribution is 2.53. The second-order valence-electron chi connectivity index (χ2n) is 15.6. The molecule has 2 fully saturated rings. The van der Waals surface area contributed by atoms with Crippen LogP contribution in [0.1, 0.15) is 87.6 Å². The molecule has 4 N–H and O–H groups in total. The maximum absolute atomic E-state index is 15.8. The van der Waals surface area contributed by atoms with Gasteiger partial charge in [-0.15, -0.1) is 0 Å². The highest BCUT2D eigenvalue weighted by molar-refractivity contribution is 6.06. The summed E-state index contributed by atoms with van der Waals surface area (Å²) in [5, 5.41) is 21.9. The van der Waals surface area contributed by atoms with E-state index in [1.807, 2.05) is 36.1 Å². The molecule has 316 valence electrons. The number of benzene rings is 3. The summed E-state index contributed by atoms with van der Waals surface area (Å²) >= 11 is 0. The summed E-state index contributed by atoms with van der Waals surface area (Å²) in [6, 6.07) is 9.74. The van der Waals surface area contributed by atoms with Gasteiger partial charge in [-0.2, -0.15) is 15.1 Å². The third-order valence-electron chi connectivity index (χ3n) is 11.4. The van der Waals surface area contributed by atoms with Crippen molar-refractivity contribution in [1.82, 2.24) is 24.7 Å². The molecule has 0 amide bonds. The van der Waals surface area contributed by atoms with E-state index in [4.69, 9.17) is 29.6 Å². The van der Waals surface area contributed by atoms with Gasteiger partial charge in [-0.3, -0.25) is 14.3 Å². The molecule has 1 aliphatic heterocycles. The Labute approximate surface area is 347 Å². The van der Waals surface area contributed by atoms with Crippen LogP contribution in [-0.2, 0) is 20.9 Å². The minimum absolute atomic E-state index is 0.106. The highest BCUT2D eigenvalue weighted by atomic mass is 19.1. The summed E-state index contributed by atoms with van der Waals surface area (Å²) in [7, 11) is 3.54. The molecular weight excluding hydrogens is 768 g/mol. The zero-order valence-corrected chi connectivity index (χ0v) is 35.2. The van der Waals surface area contributed by atoms with Crippen molar-refractivity contribution in [2.45, 2.75) is 85.0 Å². The first-order valence-electron chi connectivity index (χ1n) is 20.6. The van der Waals surface area contributed by atoms with Crippen LogP contribution in [0.3, 0.4) is 0 Å². The van der Waals surface area contributed by atoms with Crippen molar-refractivity contribution >= 4 is 56.9 Å². The number of hydrogen-bond donors (Lipinski definition) is 4. The van der Waals surface area contributed by atoms with Crippen LogP contribution in [0, 0.1) is 24.1 Å². The lowest BCUT2D eigenvalue weighted by molar-refractivity contribution is -0.128. The molecule has 6 aromatic rings. The molecule has 15 heteroatoms. The third kappa shape index (κ3) is 8.35. The van der Waals surface area contributed by atoms with Crippen LogP contribution in [0.4, 0.5) is 15.9 Å². The predicted octanol–water partition coefficient (Wildman–Crippen LogP) is 8.43. The van der Waals surface area contributed by atoms with E-state index in [0.29, 0.717) is 88.3 Å². The van der Waals surface area contributed by atoms with E-state index in [9.17, 15) is 9.59 Å².